The summed E-state index contributed by atoms with van der Waals surface area (Å²) in [6.07, 6.45) is 15.1. The number of aryl methyl sites for hydroxylation is 1. The molecule has 0 unspecified atom stereocenters. The predicted octanol–water partition coefficient (Wildman–Crippen LogP) is 11.6. The molecule has 0 bridgehead atoms. The number of rotatable bonds is 14. The number of benzene rings is 3. The summed E-state index contributed by atoms with van der Waals surface area (Å²) in [6.45, 7) is 2.29. The summed E-state index contributed by atoms with van der Waals surface area (Å²) < 4.78 is 8.43. The largest absolute Gasteiger partial charge is 0.455 e. The van der Waals surface area contributed by atoms with Gasteiger partial charge in [0.2, 0.25) is 0 Å². The van der Waals surface area contributed by atoms with Crippen molar-refractivity contribution < 1.29 is 4.74 Å². The lowest BCUT2D eigenvalue weighted by atomic mass is 10.00. The number of fused-ring (bicyclic) bond motifs is 1. The van der Waals surface area contributed by atoms with Crippen LogP contribution in [0.1, 0.15) is 76.7 Å². The van der Waals surface area contributed by atoms with Gasteiger partial charge in [-0.25, -0.2) is 0 Å². The zero-order valence-corrected chi connectivity index (χ0v) is 23.3. The van der Waals surface area contributed by atoms with Gasteiger partial charge in [0.1, 0.15) is 9.54 Å². The SMILES string of the molecule is CCCCCCCCCCCCc1ccc(-c2ccc3c(Oc4ccccc4)c(Br)sc3c2)cc1. The summed E-state index contributed by atoms with van der Waals surface area (Å²) in [5, 5.41) is 1.15. The number of thiophene rings is 1. The minimum Gasteiger partial charge on any atom is -0.455 e. The molecule has 35 heavy (non-hydrogen) atoms. The summed E-state index contributed by atoms with van der Waals surface area (Å²) in [7, 11) is 0. The number of halogens is 1. The van der Waals surface area contributed by atoms with Gasteiger partial charge in [-0.2, -0.15) is 0 Å². The van der Waals surface area contributed by atoms with Gasteiger partial charge in [-0.15, -0.1) is 11.3 Å². The van der Waals surface area contributed by atoms with Crippen LogP contribution in [0.4, 0.5) is 0 Å². The molecule has 0 saturated carbocycles. The van der Waals surface area contributed by atoms with Crippen molar-refractivity contribution in [1.82, 2.24) is 0 Å². The fourth-order valence-corrected chi connectivity index (χ4v) is 6.32. The van der Waals surface area contributed by atoms with E-state index in [9.17, 15) is 0 Å². The summed E-state index contributed by atoms with van der Waals surface area (Å²) in [5.41, 5.74) is 3.98. The smallest absolute Gasteiger partial charge is 0.160 e. The second kappa shape index (κ2) is 13.8. The first-order valence-electron chi connectivity index (χ1n) is 13.3. The third-order valence-corrected chi connectivity index (χ3v) is 8.44. The molecule has 4 aromatic rings. The number of para-hydroxylation sites is 1. The Hall–Kier alpha value is -2.10. The van der Waals surface area contributed by atoms with Crippen LogP contribution < -0.4 is 4.74 Å². The van der Waals surface area contributed by atoms with Crippen molar-refractivity contribution >= 4 is 37.4 Å². The highest BCUT2D eigenvalue weighted by molar-refractivity contribution is 9.11. The van der Waals surface area contributed by atoms with Crippen LogP contribution in [0, 0.1) is 0 Å². The van der Waals surface area contributed by atoms with Gasteiger partial charge >= 0.3 is 0 Å². The maximum absolute atomic E-state index is 6.18. The summed E-state index contributed by atoms with van der Waals surface area (Å²) in [4.78, 5) is 0. The van der Waals surface area contributed by atoms with Crippen LogP contribution in [0.5, 0.6) is 11.5 Å². The fourth-order valence-electron chi connectivity index (χ4n) is 4.60. The Kier molecular flexibility index (Phi) is 10.3. The van der Waals surface area contributed by atoms with E-state index in [4.69, 9.17) is 4.74 Å². The molecular weight excluding hydrogens is 512 g/mol. The molecule has 0 amide bonds. The molecule has 0 saturated heterocycles. The van der Waals surface area contributed by atoms with Gasteiger partial charge in [0, 0.05) is 10.1 Å². The van der Waals surface area contributed by atoms with E-state index in [1.807, 2.05) is 30.3 Å². The zero-order valence-electron chi connectivity index (χ0n) is 20.9. The van der Waals surface area contributed by atoms with Crippen molar-refractivity contribution in [2.24, 2.45) is 0 Å². The number of unbranched alkanes of at least 4 members (excludes halogenated alkanes) is 9. The molecule has 1 nitrogen and oxygen atoms in total. The van der Waals surface area contributed by atoms with E-state index in [1.54, 1.807) is 11.3 Å². The number of hydrogen-bond donors (Lipinski definition) is 0. The topological polar surface area (TPSA) is 9.23 Å². The Balaban J connectivity index is 1.27. The average molecular weight is 550 g/mol. The van der Waals surface area contributed by atoms with Gasteiger partial charge in [0.25, 0.3) is 0 Å². The second-order valence-corrected chi connectivity index (χ2v) is 11.8. The highest BCUT2D eigenvalue weighted by atomic mass is 79.9. The molecule has 0 N–H and O–H groups in total. The lowest BCUT2D eigenvalue weighted by Gasteiger charge is -2.07. The number of hydrogen-bond acceptors (Lipinski definition) is 2. The minimum absolute atomic E-state index is 0.856. The molecule has 0 aliphatic carbocycles. The Bertz CT molecular complexity index is 1160. The Labute approximate surface area is 223 Å². The Morgan fingerprint density at radius 2 is 1.31 bits per heavy atom. The van der Waals surface area contributed by atoms with E-state index in [0.717, 1.165) is 20.7 Å². The van der Waals surface area contributed by atoms with Crippen molar-refractivity contribution in [2.45, 2.75) is 77.6 Å². The van der Waals surface area contributed by atoms with Crippen molar-refractivity contribution in [3.63, 3.8) is 0 Å². The van der Waals surface area contributed by atoms with Crippen LogP contribution in [0.2, 0.25) is 0 Å². The number of ether oxygens (including phenoxy) is 1. The van der Waals surface area contributed by atoms with Crippen molar-refractivity contribution in [3.05, 3.63) is 82.1 Å². The zero-order chi connectivity index (χ0) is 24.3. The molecular formula is C32H37BrOS. The van der Waals surface area contributed by atoms with E-state index in [2.05, 4.69) is 65.3 Å². The van der Waals surface area contributed by atoms with Crippen molar-refractivity contribution in [2.75, 3.05) is 0 Å². The molecule has 4 rings (SSSR count). The van der Waals surface area contributed by atoms with Gasteiger partial charge in [-0.3, -0.25) is 0 Å². The molecule has 0 aliphatic heterocycles. The second-order valence-electron chi connectivity index (χ2n) is 9.46. The highest BCUT2D eigenvalue weighted by Gasteiger charge is 2.13. The maximum atomic E-state index is 6.18. The first-order chi connectivity index (χ1) is 17.2. The average Bonchev–Trinajstić information content (AvgIpc) is 3.20. The molecule has 184 valence electrons. The molecule has 0 radical (unpaired) electrons. The minimum atomic E-state index is 0.856. The normalized spacial score (nSPS) is 11.3. The standard InChI is InChI=1S/C32H37BrOS/c1-2-3-4-5-6-7-8-9-10-12-15-25-18-20-26(21-19-25)27-22-23-29-30(24-27)35-32(33)31(29)34-28-16-13-11-14-17-28/h11,13-14,16-24H,2-10,12,15H2,1H3. The lowest BCUT2D eigenvalue weighted by molar-refractivity contribution is 0.487. The van der Waals surface area contributed by atoms with Crippen molar-refractivity contribution in [3.8, 4) is 22.6 Å². The Morgan fingerprint density at radius 3 is 2.00 bits per heavy atom. The lowest BCUT2D eigenvalue weighted by Crippen LogP contribution is -1.87. The fraction of sp³-hybridized carbons (Fsp3) is 0.375. The molecule has 0 atom stereocenters. The van der Waals surface area contributed by atoms with Gasteiger partial charge < -0.3 is 4.74 Å². The molecule has 0 fully saturated rings. The van der Waals surface area contributed by atoms with E-state index in [0.29, 0.717) is 0 Å². The maximum Gasteiger partial charge on any atom is 0.160 e. The summed E-state index contributed by atoms with van der Waals surface area (Å²) >= 11 is 5.43. The third kappa shape index (κ3) is 7.69. The summed E-state index contributed by atoms with van der Waals surface area (Å²) in [5.74, 6) is 1.75. The van der Waals surface area contributed by atoms with E-state index in [-0.39, 0.29) is 0 Å². The van der Waals surface area contributed by atoms with Gasteiger partial charge in [-0.1, -0.05) is 113 Å². The first kappa shape index (κ1) is 26.0. The van der Waals surface area contributed by atoms with Crippen LogP contribution in [0.3, 0.4) is 0 Å². The van der Waals surface area contributed by atoms with Gasteiger partial charge in [0.05, 0.1) is 0 Å². The molecule has 1 aromatic heterocycles. The summed E-state index contributed by atoms with van der Waals surface area (Å²) in [6, 6.07) is 25.8. The monoisotopic (exact) mass is 548 g/mol. The molecule has 1 heterocycles. The third-order valence-electron chi connectivity index (χ3n) is 6.67. The molecule has 3 heteroatoms. The Morgan fingerprint density at radius 1 is 0.686 bits per heavy atom. The van der Waals surface area contributed by atoms with Crippen LogP contribution >= 0.6 is 27.3 Å². The van der Waals surface area contributed by atoms with E-state index in [1.165, 1.54) is 92.0 Å². The van der Waals surface area contributed by atoms with Gasteiger partial charge in [0.15, 0.2) is 5.75 Å². The predicted molar refractivity (Wildman–Crippen MR) is 157 cm³/mol. The molecule has 0 aliphatic rings. The highest BCUT2D eigenvalue weighted by Crippen LogP contribution is 2.44. The van der Waals surface area contributed by atoms with Crippen molar-refractivity contribution in [1.29, 1.82) is 0 Å². The molecule has 3 aromatic carbocycles. The van der Waals surface area contributed by atoms with Crippen LogP contribution in [0.15, 0.2) is 76.6 Å². The first-order valence-corrected chi connectivity index (χ1v) is 14.9. The van der Waals surface area contributed by atoms with Crippen LogP contribution in [-0.4, -0.2) is 0 Å². The van der Waals surface area contributed by atoms with E-state index < -0.39 is 0 Å². The molecule has 0 spiro atoms. The quantitative estimate of drug-likeness (QED) is 0.142. The van der Waals surface area contributed by atoms with Crippen LogP contribution in [0.25, 0.3) is 21.2 Å². The van der Waals surface area contributed by atoms with Gasteiger partial charge in [-0.05, 0) is 69.7 Å². The van der Waals surface area contributed by atoms with E-state index >= 15 is 0 Å². The van der Waals surface area contributed by atoms with Crippen LogP contribution in [-0.2, 0) is 6.42 Å².